The molecule has 0 radical (unpaired) electrons. The molecule has 0 fully saturated rings. The third-order valence-corrected chi connectivity index (χ3v) is 5.15. The number of hydrogen-bond acceptors (Lipinski definition) is 5. The number of carbonyl (C=O) groups excluding carboxylic acids is 1. The Hall–Kier alpha value is -2.44. The van der Waals surface area contributed by atoms with Gasteiger partial charge in [-0.15, -0.1) is 11.3 Å². The molecule has 0 saturated carbocycles. The molecule has 0 aliphatic carbocycles. The largest absolute Gasteiger partial charge is 0.493 e. The highest BCUT2D eigenvalue weighted by Gasteiger charge is 2.14. The summed E-state index contributed by atoms with van der Waals surface area (Å²) in [6, 6.07) is 8.06. The Morgan fingerprint density at radius 1 is 1.29 bits per heavy atom. The van der Waals surface area contributed by atoms with E-state index in [1.165, 1.54) is 23.0 Å². The fraction of sp³-hybridized carbons (Fsp3) is 0.111. The smallest absolute Gasteiger partial charge is 0.250 e. The Morgan fingerprint density at radius 2 is 2.25 bits per heavy atom. The zero-order chi connectivity index (χ0) is 16.4. The normalized spacial score (nSPS) is 13.0. The van der Waals surface area contributed by atoms with Crippen LogP contribution in [0.15, 0.2) is 46.5 Å². The first-order valence-corrected chi connectivity index (χ1v) is 9.33. The first-order valence-electron chi connectivity index (χ1n) is 7.51. The van der Waals surface area contributed by atoms with Gasteiger partial charge in [0.25, 0.3) is 0 Å². The van der Waals surface area contributed by atoms with Crippen LogP contribution < -0.4 is 10.1 Å². The van der Waals surface area contributed by atoms with Crippen LogP contribution in [0.2, 0.25) is 0 Å². The van der Waals surface area contributed by atoms with Gasteiger partial charge in [0.1, 0.15) is 5.75 Å². The van der Waals surface area contributed by atoms with Crippen LogP contribution in [0.1, 0.15) is 11.1 Å². The lowest BCUT2D eigenvalue weighted by molar-refractivity contribution is -0.111. The average Bonchev–Trinajstić information content (AvgIpc) is 3.33. The van der Waals surface area contributed by atoms with Gasteiger partial charge in [-0.3, -0.25) is 10.1 Å². The highest BCUT2D eigenvalue weighted by atomic mass is 32.1. The summed E-state index contributed by atoms with van der Waals surface area (Å²) in [7, 11) is 0. The summed E-state index contributed by atoms with van der Waals surface area (Å²) < 4.78 is 5.52. The van der Waals surface area contributed by atoms with Gasteiger partial charge in [-0.2, -0.15) is 11.3 Å². The molecule has 1 amide bonds. The fourth-order valence-corrected chi connectivity index (χ4v) is 3.85. The van der Waals surface area contributed by atoms with E-state index in [-0.39, 0.29) is 5.91 Å². The first-order chi connectivity index (χ1) is 11.8. The number of fused-ring (bicyclic) bond motifs is 1. The number of thiophene rings is 1. The molecule has 0 unspecified atom stereocenters. The van der Waals surface area contributed by atoms with E-state index in [9.17, 15) is 4.79 Å². The van der Waals surface area contributed by atoms with Gasteiger partial charge in [0, 0.05) is 23.4 Å². The molecule has 0 atom stereocenters. The number of ether oxygens (including phenoxy) is 1. The monoisotopic (exact) mass is 354 g/mol. The lowest BCUT2D eigenvalue weighted by atomic mass is 10.1. The molecule has 4 rings (SSSR count). The molecule has 6 heteroatoms. The highest BCUT2D eigenvalue weighted by Crippen LogP contribution is 2.31. The van der Waals surface area contributed by atoms with Crippen LogP contribution in [-0.2, 0) is 11.2 Å². The lowest BCUT2D eigenvalue weighted by Crippen LogP contribution is -2.07. The average molecular weight is 354 g/mol. The van der Waals surface area contributed by atoms with E-state index in [2.05, 4.69) is 16.4 Å². The van der Waals surface area contributed by atoms with Gasteiger partial charge < -0.3 is 4.74 Å². The molecule has 3 heterocycles. The number of aromatic nitrogens is 1. The Balaban J connectivity index is 1.46. The molecule has 1 aliphatic rings. The summed E-state index contributed by atoms with van der Waals surface area (Å²) >= 11 is 3.03. The summed E-state index contributed by atoms with van der Waals surface area (Å²) in [6.07, 6.45) is 4.25. The minimum Gasteiger partial charge on any atom is -0.493 e. The topological polar surface area (TPSA) is 51.2 Å². The number of nitrogens with zero attached hydrogens (tertiary/aromatic N) is 1. The molecular weight excluding hydrogens is 340 g/mol. The molecule has 3 aromatic rings. The molecule has 4 nitrogen and oxygen atoms in total. The maximum absolute atomic E-state index is 12.0. The quantitative estimate of drug-likeness (QED) is 0.704. The predicted molar refractivity (Wildman–Crippen MR) is 98.7 cm³/mol. The van der Waals surface area contributed by atoms with Gasteiger partial charge in [0.15, 0.2) is 5.13 Å². The summed E-state index contributed by atoms with van der Waals surface area (Å²) in [5.74, 6) is 0.783. The van der Waals surface area contributed by atoms with Crippen molar-refractivity contribution in [2.75, 3.05) is 11.9 Å². The predicted octanol–water partition coefficient (Wildman–Crippen LogP) is 4.46. The van der Waals surface area contributed by atoms with Gasteiger partial charge in [-0.05, 0) is 52.2 Å². The number of hydrogen-bond donors (Lipinski definition) is 1. The van der Waals surface area contributed by atoms with Gasteiger partial charge in [-0.1, -0.05) is 0 Å². The Labute approximate surface area is 147 Å². The second kappa shape index (κ2) is 6.59. The SMILES string of the molecule is O=C(C=Cc1ccsc1)Nc1nc(-c2ccc3c(c2)CCO3)cs1. The van der Waals surface area contributed by atoms with Crippen molar-refractivity contribution in [3.8, 4) is 17.0 Å². The van der Waals surface area contributed by atoms with E-state index < -0.39 is 0 Å². The second-order valence-corrected chi connectivity index (χ2v) is 6.98. The highest BCUT2D eigenvalue weighted by molar-refractivity contribution is 7.14. The Morgan fingerprint density at radius 3 is 3.12 bits per heavy atom. The number of amides is 1. The lowest BCUT2D eigenvalue weighted by Gasteiger charge is -2.01. The molecule has 0 bridgehead atoms. The summed E-state index contributed by atoms with van der Waals surface area (Å²) in [4.78, 5) is 16.5. The molecule has 1 N–H and O–H groups in total. The van der Waals surface area contributed by atoms with E-state index in [0.717, 1.165) is 35.6 Å². The molecule has 120 valence electrons. The van der Waals surface area contributed by atoms with Crippen LogP contribution in [-0.4, -0.2) is 17.5 Å². The molecule has 1 aromatic carbocycles. The van der Waals surface area contributed by atoms with E-state index in [1.807, 2.05) is 34.3 Å². The summed E-state index contributed by atoms with van der Waals surface area (Å²) in [5, 5.41) is 9.33. The minimum atomic E-state index is -0.176. The standard InChI is InChI=1S/C18H14N2O2S2/c21-17(4-1-12-6-8-23-10-12)20-18-19-15(11-24-18)13-2-3-16-14(9-13)5-7-22-16/h1-4,6,8-11H,5,7H2,(H,19,20,21). The molecule has 1 aliphatic heterocycles. The van der Waals surface area contributed by atoms with E-state index in [4.69, 9.17) is 4.74 Å². The molecule has 0 saturated heterocycles. The van der Waals surface area contributed by atoms with Crippen molar-refractivity contribution < 1.29 is 9.53 Å². The van der Waals surface area contributed by atoms with Crippen LogP contribution in [0.4, 0.5) is 5.13 Å². The Kier molecular flexibility index (Phi) is 4.15. The van der Waals surface area contributed by atoms with E-state index in [0.29, 0.717) is 5.13 Å². The number of rotatable bonds is 4. The number of thiazole rings is 1. The number of benzene rings is 1. The van der Waals surface area contributed by atoms with Crippen LogP contribution >= 0.6 is 22.7 Å². The molecule has 0 spiro atoms. The van der Waals surface area contributed by atoms with Crippen molar-refractivity contribution in [2.45, 2.75) is 6.42 Å². The zero-order valence-corrected chi connectivity index (χ0v) is 14.3. The maximum atomic E-state index is 12.0. The van der Waals surface area contributed by atoms with E-state index >= 15 is 0 Å². The van der Waals surface area contributed by atoms with Crippen molar-refractivity contribution in [1.29, 1.82) is 0 Å². The van der Waals surface area contributed by atoms with Crippen LogP contribution in [0.5, 0.6) is 5.75 Å². The first kappa shape index (κ1) is 15.1. The van der Waals surface area contributed by atoms with Crippen LogP contribution in [0.3, 0.4) is 0 Å². The van der Waals surface area contributed by atoms with Gasteiger partial charge in [0.05, 0.1) is 12.3 Å². The maximum Gasteiger partial charge on any atom is 0.250 e. The molecular formula is C18H14N2O2S2. The van der Waals surface area contributed by atoms with Crippen molar-refractivity contribution in [2.24, 2.45) is 0 Å². The van der Waals surface area contributed by atoms with Crippen molar-refractivity contribution in [3.05, 3.63) is 57.6 Å². The second-order valence-electron chi connectivity index (χ2n) is 5.34. The number of carbonyl (C=O) groups is 1. The molecule has 2 aromatic heterocycles. The summed E-state index contributed by atoms with van der Waals surface area (Å²) in [5.41, 5.74) is 4.15. The van der Waals surface area contributed by atoms with Crippen molar-refractivity contribution in [3.63, 3.8) is 0 Å². The molecule has 24 heavy (non-hydrogen) atoms. The van der Waals surface area contributed by atoms with Gasteiger partial charge >= 0.3 is 0 Å². The third kappa shape index (κ3) is 3.25. The minimum absolute atomic E-state index is 0.176. The van der Waals surface area contributed by atoms with Crippen LogP contribution in [0, 0.1) is 0 Å². The van der Waals surface area contributed by atoms with Crippen molar-refractivity contribution in [1.82, 2.24) is 4.98 Å². The number of nitrogens with one attached hydrogen (secondary N) is 1. The number of anilines is 1. The van der Waals surface area contributed by atoms with Gasteiger partial charge in [-0.25, -0.2) is 4.98 Å². The third-order valence-electron chi connectivity index (χ3n) is 3.69. The fourth-order valence-electron chi connectivity index (χ4n) is 2.50. The zero-order valence-electron chi connectivity index (χ0n) is 12.7. The van der Waals surface area contributed by atoms with E-state index in [1.54, 1.807) is 17.4 Å². The Bertz CT molecular complexity index is 898. The summed E-state index contributed by atoms with van der Waals surface area (Å²) in [6.45, 7) is 0.744. The van der Waals surface area contributed by atoms with Gasteiger partial charge in [0.2, 0.25) is 5.91 Å². The van der Waals surface area contributed by atoms with Crippen LogP contribution in [0.25, 0.3) is 17.3 Å². The van der Waals surface area contributed by atoms with Crippen molar-refractivity contribution >= 4 is 39.8 Å².